The summed E-state index contributed by atoms with van der Waals surface area (Å²) in [4.78, 5) is 4.19. The molecular formula is C11H17N3O. The van der Waals surface area contributed by atoms with Crippen LogP contribution in [0.5, 0.6) is 5.88 Å². The maximum absolute atomic E-state index is 5.23. The summed E-state index contributed by atoms with van der Waals surface area (Å²) in [5, 5.41) is 6.84. The standard InChI is InChI=1S/C11H17N3O/c1-15-11-9(3-2-4-14-11)7-10-8-12-5-6-13-10/h2-4,10,12-13H,5-8H2,1H3. The predicted octanol–water partition coefficient (Wildman–Crippen LogP) is 0.194. The van der Waals surface area contributed by atoms with Gasteiger partial charge in [-0.05, 0) is 12.5 Å². The van der Waals surface area contributed by atoms with Gasteiger partial charge in [0.25, 0.3) is 0 Å². The lowest BCUT2D eigenvalue weighted by Crippen LogP contribution is -2.49. The van der Waals surface area contributed by atoms with Gasteiger partial charge in [-0.25, -0.2) is 4.98 Å². The van der Waals surface area contributed by atoms with E-state index in [1.54, 1.807) is 13.3 Å². The van der Waals surface area contributed by atoms with Crippen molar-refractivity contribution in [1.29, 1.82) is 0 Å². The third-order valence-corrected chi connectivity index (χ3v) is 2.64. The van der Waals surface area contributed by atoms with E-state index in [1.807, 2.05) is 6.07 Å². The van der Waals surface area contributed by atoms with Gasteiger partial charge in [0, 0.05) is 37.4 Å². The number of ether oxygens (including phenoxy) is 1. The monoisotopic (exact) mass is 207 g/mol. The van der Waals surface area contributed by atoms with E-state index >= 15 is 0 Å². The summed E-state index contributed by atoms with van der Waals surface area (Å²) in [6.45, 7) is 3.10. The molecule has 0 aromatic carbocycles. The first kappa shape index (κ1) is 10.4. The van der Waals surface area contributed by atoms with Gasteiger partial charge in [-0.2, -0.15) is 0 Å². The molecule has 1 aliphatic heterocycles. The average Bonchev–Trinajstić information content (AvgIpc) is 2.31. The van der Waals surface area contributed by atoms with Crippen molar-refractivity contribution < 1.29 is 4.74 Å². The molecule has 0 amide bonds. The van der Waals surface area contributed by atoms with Crippen LogP contribution in [0, 0.1) is 0 Å². The van der Waals surface area contributed by atoms with Crippen molar-refractivity contribution in [1.82, 2.24) is 15.6 Å². The highest BCUT2D eigenvalue weighted by atomic mass is 16.5. The molecule has 1 aliphatic rings. The first-order chi connectivity index (χ1) is 7.40. The second-order valence-corrected chi connectivity index (χ2v) is 3.73. The van der Waals surface area contributed by atoms with E-state index in [-0.39, 0.29) is 0 Å². The summed E-state index contributed by atoms with van der Waals surface area (Å²) >= 11 is 0. The van der Waals surface area contributed by atoms with E-state index in [1.165, 1.54) is 5.56 Å². The fourth-order valence-corrected chi connectivity index (χ4v) is 1.89. The summed E-state index contributed by atoms with van der Waals surface area (Å²) < 4.78 is 5.23. The van der Waals surface area contributed by atoms with Crippen LogP contribution in [0.2, 0.25) is 0 Å². The van der Waals surface area contributed by atoms with Crippen LogP contribution in [0.4, 0.5) is 0 Å². The highest BCUT2D eigenvalue weighted by Gasteiger charge is 2.14. The molecule has 4 heteroatoms. The Hall–Kier alpha value is -1.13. The molecule has 1 unspecified atom stereocenters. The lowest BCUT2D eigenvalue weighted by atomic mass is 10.1. The molecule has 1 fully saturated rings. The van der Waals surface area contributed by atoms with Crippen molar-refractivity contribution in [2.24, 2.45) is 0 Å². The number of nitrogens with zero attached hydrogens (tertiary/aromatic N) is 1. The van der Waals surface area contributed by atoms with Crippen LogP contribution in [0.25, 0.3) is 0 Å². The van der Waals surface area contributed by atoms with Crippen LogP contribution in [0.15, 0.2) is 18.3 Å². The molecule has 0 saturated carbocycles. The zero-order chi connectivity index (χ0) is 10.5. The molecule has 1 aromatic rings. The van der Waals surface area contributed by atoms with Gasteiger partial charge >= 0.3 is 0 Å². The Labute approximate surface area is 90.0 Å². The smallest absolute Gasteiger partial charge is 0.216 e. The minimum absolute atomic E-state index is 0.483. The second-order valence-electron chi connectivity index (χ2n) is 3.73. The van der Waals surface area contributed by atoms with Gasteiger partial charge in [0.1, 0.15) is 0 Å². The molecule has 4 nitrogen and oxygen atoms in total. The molecule has 0 bridgehead atoms. The Morgan fingerprint density at radius 3 is 3.20 bits per heavy atom. The van der Waals surface area contributed by atoms with Crippen molar-refractivity contribution >= 4 is 0 Å². The molecule has 1 aromatic heterocycles. The predicted molar refractivity (Wildman–Crippen MR) is 59.2 cm³/mol. The maximum atomic E-state index is 5.23. The van der Waals surface area contributed by atoms with Gasteiger partial charge in [-0.1, -0.05) is 6.07 Å². The normalized spacial score (nSPS) is 21.3. The molecule has 0 radical (unpaired) electrons. The van der Waals surface area contributed by atoms with Crippen LogP contribution in [-0.4, -0.2) is 37.8 Å². The largest absolute Gasteiger partial charge is 0.481 e. The summed E-state index contributed by atoms with van der Waals surface area (Å²) in [5.41, 5.74) is 1.17. The van der Waals surface area contributed by atoms with Crippen molar-refractivity contribution in [2.75, 3.05) is 26.7 Å². The maximum Gasteiger partial charge on any atom is 0.216 e. The van der Waals surface area contributed by atoms with E-state index in [0.29, 0.717) is 6.04 Å². The Kier molecular flexibility index (Phi) is 3.53. The number of nitrogens with one attached hydrogen (secondary N) is 2. The Morgan fingerprint density at radius 1 is 1.53 bits per heavy atom. The second kappa shape index (κ2) is 5.09. The third kappa shape index (κ3) is 2.67. The quantitative estimate of drug-likeness (QED) is 0.743. The Morgan fingerprint density at radius 2 is 2.47 bits per heavy atom. The zero-order valence-corrected chi connectivity index (χ0v) is 8.99. The summed E-state index contributed by atoms with van der Waals surface area (Å²) in [7, 11) is 1.67. The molecule has 1 atom stereocenters. The van der Waals surface area contributed by atoms with Crippen molar-refractivity contribution in [2.45, 2.75) is 12.5 Å². The van der Waals surface area contributed by atoms with Gasteiger partial charge < -0.3 is 15.4 Å². The number of aromatic nitrogens is 1. The number of hydrogen-bond acceptors (Lipinski definition) is 4. The minimum atomic E-state index is 0.483. The SMILES string of the molecule is COc1ncccc1CC1CNCCN1. The number of pyridine rings is 1. The molecule has 2 N–H and O–H groups in total. The number of rotatable bonds is 3. The summed E-state index contributed by atoms with van der Waals surface area (Å²) in [5.74, 6) is 0.741. The van der Waals surface area contributed by atoms with Gasteiger partial charge in [0.05, 0.1) is 7.11 Å². The lowest BCUT2D eigenvalue weighted by molar-refractivity contribution is 0.379. The first-order valence-corrected chi connectivity index (χ1v) is 5.32. The highest BCUT2D eigenvalue weighted by molar-refractivity contribution is 5.26. The molecule has 0 aliphatic carbocycles. The Balaban J connectivity index is 2.02. The van der Waals surface area contributed by atoms with Gasteiger partial charge in [0.2, 0.25) is 5.88 Å². The summed E-state index contributed by atoms with van der Waals surface area (Å²) in [6, 6.07) is 4.51. The number of methoxy groups -OCH3 is 1. The van der Waals surface area contributed by atoms with Crippen LogP contribution in [-0.2, 0) is 6.42 Å². The van der Waals surface area contributed by atoms with Crippen molar-refractivity contribution in [3.8, 4) is 5.88 Å². The van der Waals surface area contributed by atoms with E-state index in [0.717, 1.165) is 31.9 Å². The van der Waals surface area contributed by atoms with Crippen LogP contribution < -0.4 is 15.4 Å². The molecule has 15 heavy (non-hydrogen) atoms. The zero-order valence-electron chi connectivity index (χ0n) is 8.99. The molecule has 82 valence electrons. The van der Waals surface area contributed by atoms with Crippen LogP contribution >= 0.6 is 0 Å². The number of hydrogen-bond donors (Lipinski definition) is 2. The highest BCUT2D eigenvalue weighted by Crippen LogP contribution is 2.15. The van der Waals surface area contributed by atoms with Gasteiger partial charge in [-0.15, -0.1) is 0 Å². The molecule has 0 spiro atoms. The van der Waals surface area contributed by atoms with Gasteiger partial charge in [0.15, 0.2) is 0 Å². The Bertz CT molecular complexity index is 310. The van der Waals surface area contributed by atoms with E-state index in [2.05, 4.69) is 21.7 Å². The average molecular weight is 207 g/mol. The lowest BCUT2D eigenvalue weighted by Gasteiger charge is -2.24. The first-order valence-electron chi connectivity index (χ1n) is 5.32. The molecule has 1 saturated heterocycles. The molecular weight excluding hydrogens is 190 g/mol. The topological polar surface area (TPSA) is 46.2 Å². The van der Waals surface area contributed by atoms with Crippen molar-refractivity contribution in [3.05, 3.63) is 23.9 Å². The van der Waals surface area contributed by atoms with E-state index in [4.69, 9.17) is 4.74 Å². The summed E-state index contributed by atoms with van der Waals surface area (Å²) in [6.07, 6.45) is 2.72. The fraction of sp³-hybridized carbons (Fsp3) is 0.545. The van der Waals surface area contributed by atoms with Gasteiger partial charge in [-0.3, -0.25) is 0 Å². The van der Waals surface area contributed by atoms with E-state index in [9.17, 15) is 0 Å². The third-order valence-electron chi connectivity index (χ3n) is 2.64. The molecule has 2 heterocycles. The van der Waals surface area contributed by atoms with E-state index < -0.39 is 0 Å². The van der Waals surface area contributed by atoms with Crippen LogP contribution in [0.3, 0.4) is 0 Å². The number of piperazine rings is 1. The fourth-order valence-electron chi connectivity index (χ4n) is 1.89. The van der Waals surface area contributed by atoms with Crippen molar-refractivity contribution in [3.63, 3.8) is 0 Å². The minimum Gasteiger partial charge on any atom is -0.481 e. The van der Waals surface area contributed by atoms with Crippen LogP contribution in [0.1, 0.15) is 5.56 Å². The molecule has 2 rings (SSSR count).